The molecule has 0 aliphatic heterocycles. The number of pyridine rings is 1. The van der Waals surface area contributed by atoms with Crippen molar-refractivity contribution in [1.82, 2.24) is 9.88 Å². The lowest BCUT2D eigenvalue weighted by Crippen LogP contribution is -2.33. The molecule has 4 aromatic rings. The number of non-ortho nitro benzene ring substituents is 1. The van der Waals surface area contributed by atoms with E-state index in [0.29, 0.717) is 10.9 Å². The van der Waals surface area contributed by atoms with E-state index in [2.05, 4.69) is 5.32 Å². The molecule has 4 rings (SSSR count). The molecule has 0 saturated carbocycles. The molecule has 1 amide bonds. The monoisotopic (exact) mass is 401 g/mol. The Balaban J connectivity index is 1.57. The summed E-state index contributed by atoms with van der Waals surface area (Å²) in [6.45, 7) is 1.71. The third kappa shape index (κ3) is 3.77. The van der Waals surface area contributed by atoms with Crippen molar-refractivity contribution in [3.05, 3.63) is 98.8 Å². The van der Waals surface area contributed by atoms with Crippen LogP contribution in [0.4, 0.5) is 5.69 Å². The van der Waals surface area contributed by atoms with Crippen LogP contribution in [0.3, 0.4) is 0 Å². The predicted octanol–water partition coefficient (Wildman–Crippen LogP) is 3.94. The van der Waals surface area contributed by atoms with Gasteiger partial charge >= 0.3 is 0 Å². The lowest BCUT2D eigenvalue weighted by Gasteiger charge is -2.16. The molecule has 0 radical (unpaired) electrons. The molecular formula is C23H19N3O4. The molecule has 30 heavy (non-hydrogen) atoms. The fraction of sp³-hybridized carbons (Fsp3) is 0.130. The largest absolute Gasteiger partial charge is 0.348 e. The van der Waals surface area contributed by atoms with Crippen LogP contribution in [0.2, 0.25) is 0 Å². The van der Waals surface area contributed by atoms with E-state index in [1.807, 2.05) is 49.4 Å². The summed E-state index contributed by atoms with van der Waals surface area (Å²) in [5, 5.41) is 16.6. The number of nitro groups is 1. The van der Waals surface area contributed by atoms with Crippen molar-refractivity contribution < 1.29 is 9.72 Å². The number of hydrogen-bond donors (Lipinski definition) is 1. The number of nitrogens with one attached hydrogen (secondary N) is 1. The number of aromatic nitrogens is 1. The van der Waals surface area contributed by atoms with Crippen LogP contribution >= 0.6 is 0 Å². The molecule has 0 aliphatic carbocycles. The quantitative estimate of drug-likeness (QED) is 0.405. The minimum absolute atomic E-state index is 0.0675. The van der Waals surface area contributed by atoms with E-state index in [0.717, 1.165) is 16.3 Å². The minimum Gasteiger partial charge on any atom is -0.348 e. The summed E-state index contributed by atoms with van der Waals surface area (Å²) in [4.78, 5) is 35.5. The second kappa shape index (κ2) is 7.79. The molecule has 1 atom stereocenters. The number of nitrogens with zero attached hydrogens (tertiary/aromatic N) is 2. The van der Waals surface area contributed by atoms with Crippen molar-refractivity contribution in [3.63, 3.8) is 0 Å². The number of amides is 1. The van der Waals surface area contributed by atoms with Crippen LogP contribution < -0.4 is 10.9 Å². The summed E-state index contributed by atoms with van der Waals surface area (Å²) in [6.07, 6.45) is 0. The first kappa shape index (κ1) is 19.3. The van der Waals surface area contributed by atoms with Gasteiger partial charge in [0, 0.05) is 23.6 Å². The number of carbonyl (C=O) groups excluding carboxylic acids is 1. The van der Waals surface area contributed by atoms with Gasteiger partial charge in [-0.25, -0.2) is 0 Å². The Morgan fingerprint density at radius 3 is 2.50 bits per heavy atom. The van der Waals surface area contributed by atoms with Crippen molar-refractivity contribution >= 4 is 33.3 Å². The van der Waals surface area contributed by atoms with E-state index in [1.165, 1.54) is 34.9 Å². The van der Waals surface area contributed by atoms with E-state index in [1.54, 1.807) is 0 Å². The fourth-order valence-electron chi connectivity index (χ4n) is 3.56. The predicted molar refractivity (Wildman–Crippen MR) is 115 cm³/mol. The van der Waals surface area contributed by atoms with Gasteiger partial charge in [-0.3, -0.25) is 24.3 Å². The number of nitro benzene ring substituents is 1. The highest BCUT2D eigenvalue weighted by Gasteiger charge is 2.14. The normalized spacial score (nSPS) is 12.0. The SMILES string of the molecule is CC(NC(=O)Cn1c(=O)ccc2cc([N+](=O)[O-])ccc21)c1ccc2ccccc2c1. The van der Waals surface area contributed by atoms with Gasteiger partial charge in [-0.15, -0.1) is 0 Å². The number of benzene rings is 3. The Labute approximate surface area is 171 Å². The summed E-state index contributed by atoms with van der Waals surface area (Å²) >= 11 is 0. The molecule has 0 bridgehead atoms. The number of carbonyl (C=O) groups is 1. The maximum atomic E-state index is 12.7. The number of hydrogen-bond acceptors (Lipinski definition) is 4. The highest BCUT2D eigenvalue weighted by Crippen LogP contribution is 2.21. The topological polar surface area (TPSA) is 94.2 Å². The van der Waals surface area contributed by atoms with Crippen LogP contribution in [0, 0.1) is 10.1 Å². The summed E-state index contributed by atoms with van der Waals surface area (Å²) in [5.41, 5.74) is 1.02. The summed E-state index contributed by atoms with van der Waals surface area (Å²) in [5.74, 6) is -0.316. The molecule has 3 aromatic carbocycles. The maximum Gasteiger partial charge on any atom is 0.270 e. The average molecular weight is 401 g/mol. The van der Waals surface area contributed by atoms with Crippen LogP contribution in [-0.2, 0) is 11.3 Å². The van der Waals surface area contributed by atoms with Gasteiger partial charge in [0.1, 0.15) is 6.54 Å². The highest BCUT2D eigenvalue weighted by molar-refractivity contribution is 5.85. The Bertz CT molecular complexity index is 1340. The van der Waals surface area contributed by atoms with Gasteiger partial charge in [0.2, 0.25) is 5.91 Å². The zero-order chi connectivity index (χ0) is 21.3. The first-order chi connectivity index (χ1) is 14.4. The second-order valence-corrected chi connectivity index (χ2v) is 7.15. The molecule has 7 nitrogen and oxygen atoms in total. The molecule has 1 N–H and O–H groups in total. The van der Waals surface area contributed by atoms with E-state index in [-0.39, 0.29) is 29.7 Å². The molecular weight excluding hydrogens is 382 g/mol. The van der Waals surface area contributed by atoms with Gasteiger partial charge in [-0.05, 0) is 41.5 Å². The van der Waals surface area contributed by atoms with Gasteiger partial charge in [0.05, 0.1) is 16.5 Å². The molecule has 7 heteroatoms. The standard InChI is InChI=1S/C23H19N3O4/c1-15(17-7-6-16-4-2-3-5-18(16)12-17)24-22(27)14-25-21-10-9-20(26(29)30)13-19(21)8-11-23(25)28/h2-13,15H,14H2,1H3,(H,24,27). The molecule has 1 aromatic heterocycles. The van der Waals surface area contributed by atoms with Gasteiger partial charge in [-0.2, -0.15) is 0 Å². The van der Waals surface area contributed by atoms with Crippen molar-refractivity contribution in [2.45, 2.75) is 19.5 Å². The van der Waals surface area contributed by atoms with Gasteiger partial charge < -0.3 is 5.32 Å². The average Bonchev–Trinajstić information content (AvgIpc) is 2.75. The van der Waals surface area contributed by atoms with Crippen LogP contribution in [0.15, 0.2) is 77.6 Å². The van der Waals surface area contributed by atoms with Crippen molar-refractivity contribution in [3.8, 4) is 0 Å². The Hall–Kier alpha value is -4.00. The maximum absolute atomic E-state index is 12.7. The Morgan fingerprint density at radius 2 is 1.73 bits per heavy atom. The second-order valence-electron chi connectivity index (χ2n) is 7.15. The van der Waals surface area contributed by atoms with Gasteiger partial charge in [0.25, 0.3) is 11.2 Å². The van der Waals surface area contributed by atoms with Crippen LogP contribution in [0.25, 0.3) is 21.7 Å². The molecule has 0 spiro atoms. The van der Waals surface area contributed by atoms with E-state index < -0.39 is 4.92 Å². The van der Waals surface area contributed by atoms with Gasteiger partial charge in [0.15, 0.2) is 0 Å². The summed E-state index contributed by atoms with van der Waals surface area (Å²) in [6, 6.07) is 20.8. The summed E-state index contributed by atoms with van der Waals surface area (Å²) < 4.78 is 1.32. The van der Waals surface area contributed by atoms with E-state index in [9.17, 15) is 19.7 Å². The van der Waals surface area contributed by atoms with Crippen LogP contribution in [-0.4, -0.2) is 15.4 Å². The zero-order valence-electron chi connectivity index (χ0n) is 16.2. The van der Waals surface area contributed by atoms with Crippen molar-refractivity contribution in [2.75, 3.05) is 0 Å². The number of rotatable bonds is 5. The summed E-state index contributed by atoms with van der Waals surface area (Å²) in [7, 11) is 0. The zero-order valence-corrected chi connectivity index (χ0v) is 16.2. The van der Waals surface area contributed by atoms with E-state index >= 15 is 0 Å². The van der Waals surface area contributed by atoms with Gasteiger partial charge in [-0.1, -0.05) is 36.4 Å². The lowest BCUT2D eigenvalue weighted by molar-refractivity contribution is -0.384. The van der Waals surface area contributed by atoms with Crippen LogP contribution in [0.1, 0.15) is 18.5 Å². The van der Waals surface area contributed by atoms with Crippen molar-refractivity contribution in [1.29, 1.82) is 0 Å². The van der Waals surface area contributed by atoms with Crippen molar-refractivity contribution in [2.24, 2.45) is 0 Å². The smallest absolute Gasteiger partial charge is 0.270 e. The number of fused-ring (bicyclic) bond motifs is 2. The molecule has 1 heterocycles. The Morgan fingerprint density at radius 1 is 1.00 bits per heavy atom. The minimum atomic E-state index is -0.493. The molecule has 150 valence electrons. The third-order valence-electron chi connectivity index (χ3n) is 5.14. The third-order valence-corrected chi connectivity index (χ3v) is 5.14. The molecule has 0 fully saturated rings. The molecule has 0 saturated heterocycles. The van der Waals surface area contributed by atoms with Crippen LogP contribution in [0.5, 0.6) is 0 Å². The first-order valence-corrected chi connectivity index (χ1v) is 9.48. The highest BCUT2D eigenvalue weighted by atomic mass is 16.6. The molecule has 0 aliphatic rings. The lowest BCUT2D eigenvalue weighted by atomic mass is 10.0. The molecule has 1 unspecified atom stereocenters. The Kier molecular flexibility index (Phi) is 5.02. The van der Waals surface area contributed by atoms with E-state index in [4.69, 9.17) is 0 Å². The first-order valence-electron chi connectivity index (χ1n) is 9.48. The fourth-order valence-corrected chi connectivity index (χ4v) is 3.56.